The number of nitro benzene ring substituents is 1. The van der Waals surface area contributed by atoms with Gasteiger partial charge in [-0.1, -0.05) is 0 Å². The third-order valence-electron chi connectivity index (χ3n) is 4.10. The zero-order valence-corrected chi connectivity index (χ0v) is 10.3. The van der Waals surface area contributed by atoms with Crippen molar-refractivity contribution in [3.8, 4) is 0 Å². The maximum Gasteiger partial charge on any atom is 0.308 e. The van der Waals surface area contributed by atoms with Crippen LogP contribution in [-0.4, -0.2) is 28.6 Å². The van der Waals surface area contributed by atoms with Crippen molar-refractivity contribution in [3.63, 3.8) is 0 Å². The van der Waals surface area contributed by atoms with E-state index in [-0.39, 0.29) is 11.7 Å². The highest BCUT2D eigenvalue weighted by atomic mass is 16.6. The number of fused-ring (bicyclic) bond motifs is 3. The first-order valence-corrected chi connectivity index (χ1v) is 6.34. The van der Waals surface area contributed by atoms with Crippen LogP contribution in [-0.2, 0) is 11.2 Å². The van der Waals surface area contributed by atoms with Gasteiger partial charge in [0.05, 0.1) is 10.8 Å². The second kappa shape index (κ2) is 4.22. The van der Waals surface area contributed by atoms with Crippen LogP contribution in [0.4, 0.5) is 11.4 Å². The van der Waals surface area contributed by atoms with Gasteiger partial charge in [0.1, 0.15) is 0 Å². The van der Waals surface area contributed by atoms with Crippen LogP contribution < -0.4 is 4.90 Å². The first-order valence-electron chi connectivity index (χ1n) is 6.34. The van der Waals surface area contributed by atoms with Crippen molar-refractivity contribution < 1.29 is 14.8 Å². The van der Waals surface area contributed by atoms with E-state index >= 15 is 0 Å². The Morgan fingerprint density at radius 2 is 2.26 bits per heavy atom. The first kappa shape index (κ1) is 12.0. The lowest BCUT2D eigenvalue weighted by Crippen LogP contribution is -2.44. The number of hydrogen-bond donors (Lipinski definition) is 1. The Kier molecular flexibility index (Phi) is 2.66. The standard InChI is InChI=1S/C13H14N2O4/c16-13(17)10-7-8-6-9(15(18)19)3-4-11(8)14-5-1-2-12(10)14/h3-4,6,10,12H,1-2,5,7H2,(H,16,17)/t10?,12-/m1/s1. The molecule has 3 rings (SSSR count). The molecule has 1 aromatic carbocycles. The van der Waals surface area contributed by atoms with E-state index < -0.39 is 16.8 Å². The molecule has 2 atom stereocenters. The lowest BCUT2D eigenvalue weighted by molar-refractivity contribution is -0.384. The van der Waals surface area contributed by atoms with E-state index in [0.717, 1.165) is 30.6 Å². The molecule has 6 heteroatoms. The van der Waals surface area contributed by atoms with Crippen LogP contribution in [0.3, 0.4) is 0 Å². The van der Waals surface area contributed by atoms with Crippen LogP contribution in [0.15, 0.2) is 18.2 Å². The van der Waals surface area contributed by atoms with Crippen LogP contribution in [0.1, 0.15) is 18.4 Å². The van der Waals surface area contributed by atoms with Crippen molar-refractivity contribution in [2.45, 2.75) is 25.3 Å². The number of anilines is 1. The van der Waals surface area contributed by atoms with Crippen LogP contribution >= 0.6 is 0 Å². The normalized spacial score (nSPS) is 24.7. The Balaban J connectivity index is 2.05. The number of nitrogens with zero attached hydrogens (tertiary/aromatic N) is 2. The average Bonchev–Trinajstić information content (AvgIpc) is 2.85. The zero-order valence-electron chi connectivity index (χ0n) is 10.3. The smallest absolute Gasteiger partial charge is 0.308 e. The summed E-state index contributed by atoms with van der Waals surface area (Å²) in [5.41, 5.74) is 1.77. The number of carboxylic acid groups (broad SMARTS) is 1. The number of non-ortho nitro benzene ring substituents is 1. The number of rotatable bonds is 2. The lowest BCUT2D eigenvalue weighted by Gasteiger charge is -2.37. The maximum atomic E-state index is 11.4. The van der Waals surface area contributed by atoms with Crippen molar-refractivity contribution in [1.82, 2.24) is 0 Å². The molecular weight excluding hydrogens is 248 g/mol. The second-order valence-corrected chi connectivity index (χ2v) is 5.12. The highest BCUT2D eigenvalue weighted by Crippen LogP contribution is 2.40. The van der Waals surface area contributed by atoms with Crippen molar-refractivity contribution in [3.05, 3.63) is 33.9 Å². The Hall–Kier alpha value is -2.11. The molecule has 19 heavy (non-hydrogen) atoms. The number of aliphatic carboxylic acids is 1. The molecular formula is C13H14N2O4. The van der Waals surface area contributed by atoms with Crippen molar-refractivity contribution in [2.75, 3.05) is 11.4 Å². The summed E-state index contributed by atoms with van der Waals surface area (Å²) < 4.78 is 0. The molecule has 2 aliphatic rings. The van der Waals surface area contributed by atoms with Crippen molar-refractivity contribution in [2.24, 2.45) is 5.92 Å². The predicted molar refractivity (Wildman–Crippen MR) is 68.3 cm³/mol. The van der Waals surface area contributed by atoms with Gasteiger partial charge in [0.25, 0.3) is 5.69 Å². The highest BCUT2D eigenvalue weighted by molar-refractivity contribution is 5.75. The van der Waals surface area contributed by atoms with Gasteiger partial charge in [0, 0.05) is 30.4 Å². The van der Waals surface area contributed by atoms with Gasteiger partial charge in [0.2, 0.25) is 0 Å². The number of benzene rings is 1. The summed E-state index contributed by atoms with van der Waals surface area (Å²) in [5, 5.41) is 20.1. The highest BCUT2D eigenvalue weighted by Gasteiger charge is 2.41. The molecule has 6 nitrogen and oxygen atoms in total. The van der Waals surface area contributed by atoms with E-state index in [4.69, 9.17) is 0 Å². The minimum absolute atomic E-state index is 0.0283. The molecule has 100 valence electrons. The number of nitro groups is 1. The molecule has 2 aliphatic heterocycles. The SMILES string of the molecule is O=C(O)C1Cc2cc([N+](=O)[O-])ccc2N2CCC[C@H]12. The fourth-order valence-electron chi connectivity index (χ4n) is 3.26. The van der Waals surface area contributed by atoms with Gasteiger partial charge >= 0.3 is 5.97 Å². The van der Waals surface area contributed by atoms with E-state index in [1.165, 1.54) is 12.1 Å². The monoisotopic (exact) mass is 262 g/mol. The third-order valence-corrected chi connectivity index (χ3v) is 4.10. The average molecular weight is 262 g/mol. The van der Waals surface area contributed by atoms with E-state index in [1.807, 2.05) is 0 Å². The Morgan fingerprint density at radius 3 is 2.95 bits per heavy atom. The molecule has 0 bridgehead atoms. The number of carboxylic acids is 1. The van der Waals surface area contributed by atoms with E-state index in [2.05, 4.69) is 4.90 Å². The summed E-state index contributed by atoms with van der Waals surface area (Å²) in [6.45, 7) is 0.833. The molecule has 0 saturated carbocycles. The van der Waals surface area contributed by atoms with E-state index in [9.17, 15) is 20.0 Å². The Labute approximate surface area is 109 Å². The second-order valence-electron chi connectivity index (χ2n) is 5.12. The molecule has 1 aromatic rings. The maximum absolute atomic E-state index is 11.4. The molecule has 1 fully saturated rings. The quantitative estimate of drug-likeness (QED) is 0.649. The van der Waals surface area contributed by atoms with Crippen LogP contribution in [0.2, 0.25) is 0 Å². The Bertz CT molecular complexity index is 558. The van der Waals surface area contributed by atoms with Crippen LogP contribution in [0, 0.1) is 16.0 Å². The van der Waals surface area contributed by atoms with Gasteiger partial charge in [-0.2, -0.15) is 0 Å². The fourth-order valence-corrected chi connectivity index (χ4v) is 3.26. The first-order chi connectivity index (χ1) is 9.08. The lowest BCUT2D eigenvalue weighted by atomic mass is 9.85. The minimum Gasteiger partial charge on any atom is -0.481 e. The number of carbonyl (C=O) groups is 1. The fraction of sp³-hybridized carbons (Fsp3) is 0.462. The topological polar surface area (TPSA) is 83.7 Å². The van der Waals surface area contributed by atoms with E-state index in [0.29, 0.717) is 6.42 Å². The zero-order chi connectivity index (χ0) is 13.6. The van der Waals surface area contributed by atoms with Gasteiger partial charge in [-0.25, -0.2) is 0 Å². The summed E-state index contributed by atoms with van der Waals surface area (Å²) in [6, 6.07) is 4.80. The minimum atomic E-state index is -0.811. The molecule has 0 radical (unpaired) electrons. The number of hydrogen-bond acceptors (Lipinski definition) is 4. The van der Waals surface area contributed by atoms with Gasteiger partial charge < -0.3 is 10.0 Å². The predicted octanol–water partition coefficient (Wildman–Crippen LogP) is 1.82. The third kappa shape index (κ3) is 1.83. The summed E-state index contributed by atoms with van der Waals surface area (Å²) in [7, 11) is 0. The molecule has 0 aliphatic carbocycles. The van der Waals surface area contributed by atoms with Crippen molar-refractivity contribution >= 4 is 17.3 Å². The summed E-state index contributed by atoms with van der Waals surface area (Å²) in [4.78, 5) is 23.8. The summed E-state index contributed by atoms with van der Waals surface area (Å²) in [6.07, 6.45) is 2.24. The summed E-state index contributed by atoms with van der Waals surface area (Å²) >= 11 is 0. The van der Waals surface area contributed by atoms with Crippen LogP contribution in [0.25, 0.3) is 0 Å². The van der Waals surface area contributed by atoms with E-state index in [1.54, 1.807) is 6.07 Å². The molecule has 1 saturated heterocycles. The van der Waals surface area contributed by atoms with Gasteiger partial charge in [-0.3, -0.25) is 14.9 Å². The molecule has 0 aromatic heterocycles. The molecule has 0 spiro atoms. The Morgan fingerprint density at radius 1 is 1.47 bits per heavy atom. The van der Waals surface area contributed by atoms with Crippen molar-refractivity contribution in [1.29, 1.82) is 0 Å². The molecule has 1 unspecified atom stereocenters. The van der Waals surface area contributed by atoms with Gasteiger partial charge in [-0.15, -0.1) is 0 Å². The largest absolute Gasteiger partial charge is 0.481 e. The molecule has 0 amide bonds. The van der Waals surface area contributed by atoms with Gasteiger partial charge in [-0.05, 0) is 30.9 Å². The molecule has 2 heterocycles. The van der Waals surface area contributed by atoms with Gasteiger partial charge in [0.15, 0.2) is 0 Å². The molecule has 1 N–H and O–H groups in total. The van der Waals surface area contributed by atoms with Crippen LogP contribution in [0.5, 0.6) is 0 Å². The summed E-state index contributed by atoms with van der Waals surface area (Å²) in [5.74, 6) is -1.27.